The molecule has 0 aliphatic carbocycles. The smallest absolute Gasteiger partial charge is 0.311 e. The van der Waals surface area contributed by atoms with Crippen LogP contribution in [0.3, 0.4) is 0 Å². The molecule has 0 aromatic carbocycles. The van der Waals surface area contributed by atoms with Gasteiger partial charge in [0, 0.05) is 30.9 Å². The minimum Gasteiger partial charge on any atom is -0.360 e. The maximum absolute atomic E-state index is 10.9. The fraction of sp³-hybridized carbons (Fsp3) is 0.273. The van der Waals surface area contributed by atoms with Crippen molar-refractivity contribution >= 4 is 23.1 Å². The summed E-state index contributed by atoms with van der Waals surface area (Å²) in [5, 5.41) is 18.1. The van der Waals surface area contributed by atoms with Gasteiger partial charge in [0.05, 0.1) is 11.1 Å². The SMILES string of the molecule is Cc1c(CNc2nc(Cl)ccc2[N+](=O)[O-])cnn1C. The van der Waals surface area contributed by atoms with Crippen LogP contribution < -0.4 is 5.32 Å². The molecular formula is C11H12ClN5O2. The molecule has 8 heteroatoms. The van der Waals surface area contributed by atoms with Crippen molar-refractivity contribution in [2.45, 2.75) is 13.5 Å². The van der Waals surface area contributed by atoms with Crippen LogP contribution in [0.25, 0.3) is 0 Å². The summed E-state index contributed by atoms with van der Waals surface area (Å²) >= 11 is 5.75. The highest BCUT2D eigenvalue weighted by atomic mass is 35.5. The van der Waals surface area contributed by atoms with Gasteiger partial charge >= 0.3 is 5.69 Å². The number of nitro groups is 1. The van der Waals surface area contributed by atoms with Crippen LogP contribution in [0.5, 0.6) is 0 Å². The summed E-state index contributed by atoms with van der Waals surface area (Å²) in [6, 6.07) is 2.72. The molecule has 0 atom stereocenters. The van der Waals surface area contributed by atoms with Gasteiger partial charge in [-0.05, 0) is 13.0 Å². The van der Waals surface area contributed by atoms with Crippen molar-refractivity contribution in [1.82, 2.24) is 14.8 Å². The number of nitrogens with zero attached hydrogens (tertiary/aromatic N) is 4. The second kappa shape index (κ2) is 5.23. The van der Waals surface area contributed by atoms with Crippen LogP contribution in [0.2, 0.25) is 5.15 Å². The third kappa shape index (κ3) is 2.82. The van der Waals surface area contributed by atoms with Gasteiger partial charge in [-0.25, -0.2) is 4.98 Å². The lowest BCUT2D eigenvalue weighted by Gasteiger charge is -2.06. The van der Waals surface area contributed by atoms with E-state index in [-0.39, 0.29) is 16.7 Å². The third-order valence-electron chi connectivity index (χ3n) is 2.82. The average molecular weight is 282 g/mol. The molecule has 0 aliphatic heterocycles. The number of pyridine rings is 1. The molecule has 0 bridgehead atoms. The van der Waals surface area contributed by atoms with Crippen LogP contribution in [0.4, 0.5) is 11.5 Å². The van der Waals surface area contributed by atoms with Crippen LogP contribution >= 0.6 is 11.6 Å². The standard InChI is InChI=1S/C11H12ClN5O2/c1-7-8(6-14-16(7)2)5-13-11-9(17(18)19)3-4-10(12)15-11/h3-4,6H,5H2,1-2H3,(H,13,15). The molecule has 100 valence electrons. The molecule has 0 radical (unpaired) electrons. The molecule has 2 aromatic rings. The predicted octanol–water partition coefficient (Wildman–Crippen LogP) is 2.30. The molecule has 0 fully saturated rings. The Morgan fingerprint density at radius 2 is 2.26 bits per heavy atom. The lowest BCUT2D eigenvalue weighted by Crippen LogP contribution is -2.05. The molecule has 19 heavy (non-hydrogen) atoms. The van der Waals surface area contributed by atoms with Crippen molar-refractivity contribution in [3.63, 3.8) is 0 Å². The van der Waals surface area contributed by atoms with E-state index in [1.807, 2.05) is 14.0 Å². The molecule has 0 amide bonds. The Morgan fingerprint density at radius 1 is 1.53 bits per heavy atom. The summed E-state index contributed by atoms with van der Waals surface area (Å²) in [5.41, 5.74) is 1.82. The van der Waals surface area contributed by atoms with E-state index in [1.54, 1.807) is 10.9 Å². The normalized spacial score (nSPS) is 10.5. The summed E-state index contributed by atoms with van der Waals surface area (Å²) in [4.78, 5) is 14.3. The van der Waals surface area contributed by atoms with Crippen LogP contribution in [0, 0.1) is 17.0 Å². The van der Waals surface area contributed by atoms with Crippen molar-refractivity contribution in [3.8, 4) is 0 Å². The fourth-order valence-electron chi connectivity index (χ4n) is 1.60. The second-order valence-electron chi connectivity index (χ2n) is 3.99. The van der Waals surface area contributed by atoms with Gasteiger partial charge in [0.2, 0.25) is 5.82 Å². The summed E-state index contributed by atoms with van der Waals surface area (Å²) in [6.07, 6.45) is 1.71. The maximum Gasteiger partial charge on any atom is 0.311 e. The first kappa shape index (κ1) is 13.3. The molecule has 1 N–H and O–H groups in total. The number of anilines is 1. The fourth-order valence-corrected chi connectivity index (χ4v) is 1.75. The Balaban J connectivity index is 2.21. The molecule has 0 unspecified atom stereocenters. The maximum atomic E-state index is 10.9. The highest BCUT2D eigenvalue weighted by molar-refractivity contribution is 6.29. The van der Waals surface area contributed by atoms with Crippen LogP contribution in [0.1, 0.15) is 11.3 Å². The first-order chi connectivity index (χ1) is 8.99. The lowest BCUT2D eigenvalue weighted by molar-refractivity contribution is -0.384. The van der Waals surface area contributed by atoms with Crippen LogP contribution in [-0.4, -0.2) is 19.7 Å². The molecule has 0 saturated carbocycles. The largest absolute Gasteiger partial charge is 0.360 e. The number of nitrogens with one attached hydrogen (secondary N) is 1. The number of aryl methyl sites for hydroxylation is 1. The van der Waals surface area contributed by atoms with Gasteiger partial charge < -0.3 is 5.32 Å². The zero-order valence-electron chi connectivity index (χ0n) is 10.4. The topological polar surface area (TPSA) is 85.9 Å². The number of hydrogen-bond acceptors (Lipinski definition) is 5. The molecular weight excluding hydrogens is 270 g/mol. The van der Waals surface area contributed by atoms with E-state index in [2.05, 4.69) is 15.4 Å². The molecule has 0 aliphatic rings. The van der Waals surface area contributed by atoms with Crippen molar-refractivity contribution in [2.24, 2.45) is 7.05 Å². The molecule has 0 saturated heterocycles. The summed E-state index contributed by atoms with van der Waals surface area (Å²) in [5.74, 6) is 0.153. The van der Waals surface area contributed by atoms with Gasteiger partial charge in [-0.1, -0.05) is 11.6 Å². The van der Waals surface area contributed by atoms with Crippen molar-refractivity contribution < 1.29 is 4.92 Å². The van der Waals surface area contributed by atoms with Crippen molar-refractivity contribution in [2.75, 3.05) is 5.32 Å². The molecule has 2 aromatic heterocycles. The van der Waals surface area contributed by atoms with E-state index in [1.165, 1.54) is 12.1 Å². The number of rotatable bonds is 4. The van der Waals surface area contributed by atoms with Gasteiger partial charge in [-0.15, -0.1) is 0 Å². The predicted molar refractivity (Wildman–Crippen MR) is 71.2 cm³/mol. The minimum atomic E-state index is -0.498. The van der Waals surface area contributed by atoms with Gasteiger partial charge in [0.1, 0.15) is 5.15 Å². The zero-order chi connectivity index (χ0) is 14.0. The van der Waals surface area contributed by atoms with Gasteiger partial charge in [0.15, 0.2) is 0 Å². The Hall–Kier alpha value is -2.15. The third-order valence-corrected chi connectivity index (χ3v) is 3.03. The molecule has 7 nitrogen and oxygen atoms in total. The molecule has 2 heterocycles. The number of aromatic nitrogens is 3. The second-order valence-corrected chi connectivity index (χ2v) is 4.38. The quantitative estimate of drug-likeness (QED) is 0.528. The van der Waals surface area contributed by atoms with Crippen molar-refractivity contribution in [3.05, 3.63) is 44.9 Å². The minimum absolute atomic E-state index is 0.106. The lowest BCUT2D eigenvalue weighted by atomic mass is 10.2. The average Bonchev–Trinajstić information content (AvgIpc) is 2.67. The van der Waals surface area contributed by atoms with E-state index < -0.39 is 4.92 Å². The first-order valence-electron chi connectivity index (χ1n) is 5.51. The Labute approximate surface area is 114 Å². The molecule has 2 rings (SSSR count). The van der Waals surface area contributed by atoms with Gasteiger partial charge in [-0.2, -0.15) is 5.10 Å². The van der Waals surface area contributed by atoms with E-state index in [9.17, 15) is 10.1 Å². The van der Waals surface area contributed by atoms with Crippen LogP contribution in [-0.2, 0) is 13.6 Å². The number of hydrogen-bond donors (Lipinski definition) is 1. The zero-order valence-corrected chi connectivity index (χ0v) is 11.2. The van der Waals surface area contributed by atoms with E-state index in [0.29, 0.717) is 6.54 Å². The van der Waals surface area contributed by atoms with Crippen molar-refractivity contribution in [1.29, 1.82) is 0 Å². The highest BCUT2D eigenvalue weighted by Crippen LogP contribution is 2.24. The summed E-state index contributed by atoms with van der Waals surface area (Å²) in [7, 11) is 1.83. The summed E-state index contributed by atoms with van der Waals surface area (Å²) in [6.45, 7) is 2.32. The Bertz CT molecular complexity index is 626. The molecule has 0 spiro atoms. The highest BCUT2D eigenvalue weighted by Gasteiger charge is 2.16. The van der Waals surface area contributed by atoms with E-state index >= 15 is 0 Å². The summed E-state index contributed by atoms with van der Waals surface area (Å²) < 4.78 is 1.73. The van der Waals surface area contributed by atoms with Gasteiger partial charge in [-0.3, -0.25) is 14.8 Å². The monoisotopic (exact) mass is 281 g/mol. The Kier molecular flexibility index (Phi) is 3.66. The number of halogens is 1. The van der Waals surface area contributed by atoms with E-state index in [4.69, 9.17) is 11.6 Å². The Morgan fingerprint density at radius 3 is 2.84 bits per heavy atom. The van der Waals surface area contributed by atoms with Gasteiger partial charge in [0.25, 0.3) is 0 Å². The first-order valence-corrected chi connectivity index (χ1v) is 5.89. The van der Waals surface area contributed by atoms with Crippen LogP contribution in [0.15, 0.2) is 18.3 Å². The van der Waals surface area contributed by atoms with E-state index in [0.717, 1.165) is 11.3 Å².